The molecule has 0 unspecified atom stereocenters. The lowest BCUT2D eigenvalue weighted by Gasteiger charge is -1.95. The third-order valence-electron chi connectivity index (χ3n) is 1.05. The van der Waals surface area contributed by atoms with Crippen molar-refractivity contribution in [1.29, 1.82) is 0 Å². The van der Waals surface area contributed by atoms with Gasteiger partial charge in [0.2, 0.25) is 0 Å². The summed E-state index contributed by atoms with van der Waals surface area (Å²) in [4.78, 5) is 0. The van der Waals surface area contributed by atoms with Crippen LogP contribution in [0.15, 0.2) is 6.20 Å². The fourth-order valence-corrected chi connectivity index (χ4v) is 0.629. The second kappa shape index (κ2) is 3.17. The Labute approximate surface area is 59.2 Å². The first-order valence-corrected chi connectivity index (χ1v) is 3.13. The smallest absolute Gasteiger partial charge is 0.168 e. The van der Waals surface area contributed by atoms with Gasteiger partial charge in [-0.25, -0.2) is 0 Å². The lowest BCUT2D eigenvalue weighted by molar-refractivity contribution is 0.715. The number of hydrogen-bond acceptors (Lipinski definition) is 4. The minimum absolute atomic E-state index is 0.608. The van der Waals surface area contributed by atoms with Gasteiger partial charge < -0.3 is 11.1 Å². The van der Waals surface area contributed by atoms with E-state index in [2.05, 4.69) is 15.6 Å². The van der Waals surface area contributed by atoms with Crippen LogP contribution in [0.5, 0.6) is 0 Å². The molecule has 56 valence electrons. The average Bonchev–Trinajstić information content (AvgIpc) is 2.31. The van der Waals surface area contributed by atoms with Gasteiger partial charge in [-0.05, 0) is 0 Å². The summed E-state index contributed by atoms with van der Waals surface area (Å²) in [5, 5.41) is 10.5. The lowest BCUT2D eigenvalue weighted by atomic mass is 10.6. The molecule has 0 aliphatic carbocycles. The van der Waals surface area contributed by atoms with E-state index < -0.39 is 0 Å². The largest absolute Gasteiger partial charge is 0.366 e. The Bertz CT molecular complexity index is 194. The van der Waals surface area contributed by atoms with E-state index >= 15 is 0 Å². The average molecular weight is 141 g/mol. The van der Waals surface area contributed by atoms with Crippen LogP contribution in [0.3, 0.4) is 0 Å². The molecule has 0 fully saturated rings. The van der Waals surface area contributed by atoms with Crippen LogP contribution in [0, 0.1) is 0 Å². The van der Waals surface area contributed by atoms with Crippen LogP contribution in [0.2, 0.25) is 0 Å². The van der Waals surface area contributed by atoms with Crippen molar-refractivity contribution in [2.24, 2.45) is 12.8 Å². The Hall–Kier alpha value is -1.10. The maximum atomic E-state index is 5.27. The molecule has 0 radical (unpaired) electrons. The maximum absolute atomic E-state index is 5.27. The maximum Gasteiger partial charge on any atom is 0.168 e. The summed E-state index contributed by atoms with van der Waals surface area (Å²) >= 11 is 0. The Morgan fingerprint density at radius 1 is 1.80 bits per heavy atom. The number of nitrogens with one attached hydrogen (secondary N) is 1. The molecule has 0 bridgehead atoms. The molecule has 0 aliphatic heterocycles. The fourth-order valence-electron chi connectivity index (χ4n) is 0.629. The van der Waals surface area contributed by atoms with Gasteiger partial charge in [0.1, 0.15) is 0 Å². The molecule has 0 aliphatic rings. The quantitative estimate of drug-likeness (QED) is 0.577. The first-order valence-electron chi connectivity index (χ1n) is 3.13. The summed E-state index contributed by atoms with van der Waals surface area (Å²) in [5.74, 6) is 0.771. The number of nitrogens with zero attached hydrogens (tertiary/aromatic N) is 3. The molecule has 1 aromatic rings. The predicted octanol–water partition coefficient (Wildman–Crippen LogP) is -0.814. The summed E-state index contributed by atoms with van der Waals surface area (Å²) in [6.07, 6.45) is 1.80. The van der Waals surface area contributed by atoms with Crippen molar-refractivity contribution in [3.63, 3.8) is 0 Å². The van der Waals surface area contributed by atoms with Crippen molar-refractivity contribution >= 4 is 5.82 Å². The van der Waals surface area contributed by atoms with E-state index in [1.54, 1.807) is 10.9 Å². The standard InChI is InChI=1S/C5H11N5/c1-10-4-5(8-9-10)7-3-2-6/h4,7H,2-3,6H2,1H3. The lowest BCUT2D eigenvalue weighted by Crippen LogP contribution is -2.13. The fraction of sp³-hybridized carbons (Fsp3) is 0.600. The van der Waals surface area contributed by atoms with Crippen molar-refractivity contribution in [2.75, 3.05) is 18.4 Å². The summed E-state index contributed by atoms with van der Waals surface area (Å²) in [6, 6.07) is 0. The zero-order chi connectivity index (χ0) is 7.40. The molecule has 0 atom stereocenters. The molecule has 5 nitrogen and oxygen atoms in total. The van der Waals surface area contributed by atoms with E-state index in [1.165, 1.54) is 0 Å². The molecule has 0 aromatic carbocycles. The molecule has 1 aromatic heterocycles. The van der Waals surface area contributed by atoms with Gasteiger partial charge in [0.15, 0.2) is 5.82 Å². The zero-order valence-corrected chi connectivity index (χ0v) is 5.91. The van der Waals surface area contributed by atoms with Crippen LogP contribution in [-0.4, -0.2) is 28.1 Å². The number of aromatic nitrogens is 3. The van der Waals surface area contributed by atoms with Crippen LogP contribution in [0.4, 0.5) is 5.82 Å². The highest BCUT2D eigenvalue weighted by atomic mass is 15.4. The van der Waals surface area contributed by atoms with Crippen molar-refractivity contribution in [3.05, 3.63) is 6.20 Å². The Morgan fingerprint density at radius 2 is 2.60 bits per heavy atom. The molecule has 10 heavy (non-hydrogen) atoms. The first-order chi connectivity index (χ1) is 4.83. The van der Waals surface area contributed by atoms with E-state index in [9.17, 15) is 0 Å². The summed E-state index contributed by atoms with van der Waals surface area (Å²) < 4.78 is 1.64. The van der Waals surface area contributed by atoms with Crippen LogP contribution in [0.25, 0.3) is 0 Å². The first kappa shape index (κ1) is 7.01. The van der Waals surface area contributed by atoms with E-state index in [-0.39, 0.29) is 0 Å². The molecule has 1 rings (SSSR count). The second-order valence-electron chi connectivity index (χ2n) is 1.99. The van der Waals surface area contributed by atoms with Crippen molar-refractivity contribution in [3.8, 4) is 0 Å². The SMILES string of the molecule is Cn1cc(NCCN)nn1. The Balaban J connectivity index is 2.42. The van der Waals surface area contributed by atoms with Gasteiger partial charge >= 0.3 is 0 Å². The van der Waals surface area contributed by atoms with E-state index in [1.807, 2.05) is 7.05 Å². The second-order valence-corrected chi connectivity index (χ2v) is 1.99. The normalized spacial score (nSPS) is 9.80. The van der Waals surface area contributed by atoms with Crippen molar-refractivity contribution < 1.29 is 0 Å². The molecular weight excluding hydrogens is 130 g/mol. The van der Waals surface area contributed by atoms with E-state index in [0.717, 1.165) is 12.4 Å². The summed E-state index contributed by atoms with van der Waals surface area (Å²) in [6.45, 7) is 1.34. The molecular formula is C5H11N5. The van der Waals surface area contributed by atoms with Gasteiger partial charge in [-0.2, -0.15) is 0 Å². The topological polar surface area (TPSA) is 68.8 Å². The van der Waals surface area contributed by atoms with E-state index in [0.29, 0.717) is 6.54 Å². The van der Waals surface area contributed by atoms with Crippen LogP contribution in [0.1, 0.15) is 0 Å². The van der Waals surface area contributed by atoms with Crippen LogP contribution < -0.4 is 11.1 Å². The summed E-state index contributed by atoms with van der Waals surface area (Å²) in [7, 11) is 1.82. The van der Waals surface area contributed by atoms with E-state index in [4.69, 9.17) is 5.73 Å². The van der Waals surface area contributed by atoms with Gasteiger partial charge in [-0.1, -0.05) is 5.21 Å². The predicted molar refractivity (Wildman–Crippen MR) is 38.5 cm³/mol. The van der Waals surface area contributed by atoms with Gasteiger partial charge in [0, 0.05) is 20.1 Å². The number of rotatable bonds is 3. The van der Waals surface area contributed by atoms with Gasteiger partial charge in [-0.15, -0.1) is 5.10 Å². The molecule has 1 heterocycles. The van der Waals surface area contributed by atoms with Crippen LogP contribution >= 0.6 is 0 Å². The molecule has 5 heteroatoms. The molecule has 0 saturated heterocycles. The van der Waals surface area contributed by atoms with Gasteiger partial charge in [0.05, 0.1) is 6.20 Å². The highest BCUT2D eigenvalue weighted by molar-refractivity contribution is 5.28. The number of hydrogen-bond donors (Lipinski definition) is 2. The third-order valence-corrected chi connectivity index (χ3v) is 1.05. The van der Waals surface area contributed by atoms with Gasteiger partial charge in [-0.3, -0.25) is 4.68 Å². The zero-order valence-electron chi connectivity index (χ0n) is 5.91. The highest BCUT2D eigenvalue weighted by Gasteiger charge is 1.92. The highest BCUT2D eigenvalue weighted by Crippen LogP contribution is 1.95. The molecule has 0 saturated carbocycles. The third kappa shape index (κ3) is 1.70. The number of aryl methyl sites for hydroxylation is 1. The number of anilines is 1. The van der Waals surface area contributed by atoms with Gasteiger partial charge in [0.25, 0.3) is 0 Å². The number of nitrogens with two attached hydrogens (primary N) is 1. The minimum atomic E-state index is 0.608. The van der Waals surface area contributed by atoms with Crippen molar-refractivity contribution in [2.45, 2.75) is 0 Å². The minimum Gasteiger partial charge on any atom is -0.366 e. The van der Waals surface area contributed by atoms with Crippen molar-refractivity contribution in [1.82, 2.24) is 15.0 Å². The molecule has 3 N–H and O–H groups in total. The Kier molecular flexibility index (Phi) is 2.22. The molecule has 0 amide bonds. The summed E-state index contributed by atoms with van der Waals surface area (Å²) in [5.41, 5.74) is 5.27. The monoisotopic (exact) mass is 141 g/mol. The van der Waals surface area contributed by atoms with Crippen LogP contribution in [-0.2, 0) is 7.05 Å². The Morgan fingerprint density at radius 3 is 3.10 bits per heavy atom. The molecule has 0 spiro atoms.